The minimum atomic E-state index is -0.667. The number of aromatic nitrogens is 2. The summed E-state index contributed by atoms with van der Waals surface area (Å²) in [4.78, 5) is 23.2. The van der Waals surface area contributed by atoms with E-state index in [-0.39, 0.29) is 17.8 Å². The van der Waals surface area contributed by atoms with Crippen molar-refractivity contribution in [3.63, 3.8) is 0 Å². The fourth-order valence-corrected chi connectivity index (χ4v) is 4.37. The molecular formula is C23H30ClN3O4S. The van der Waals surface area contributed by atoms with Gasteiger partial charge in [0, 0.05) is 36.2 Å². The van der Waals surface area contributed by atoms with Crippen molar-refractivity contribution in [2.45, 2.75) is 39.0 Å². The third-order valence-electron chi connectivity index (χ3n) is 4.81. The van der Waals surface area contributed by atoms with Gasteiger partial charge in [0.2, 0.25) is 0 Å². The van der Waals surface area contributed by atoms with Crippen LogP contribution >= 0.6 is 22.9 Å². The van der Waals surface area contributed by atoms with E-state index < -0.39 is 6.10 Å². The lowest BCUT2D eigenvalue weighted by Crippen LogP contribution is -2.38. The van der Waals surface area contributed by atoms with Crippen molar-refractivity contribution < 1.29 is 14.6 Å². The van der Waals surface area contributed by atoms with Gasteiger partial charge in [0.15, 0.2) is 0 Å². The zero-order valence-corrected chi connectivity index (χ0v) is 20.4. The molecule has 0 saturated carbocycles. The molecule has 2 N–H and O–H groups in total. The Balaban J connectivity index is 1.79. The molecular weight excluding hydrogens is 450 g/mol. The van der Waals surface area contributed by atoms with E-state index in [1.54, 1.807) is 19.2 Å². The third-order valence-corrected chi connectivity index (χ3v) is 5.94. The molecule has 3 rings (SSSR count). The lowest BCUT2D eigenvalue weighted by atomic mass is 10.1. The van der Waals surface area contributed by atoms with Crippen LogP contribution in [0.3, 0.4) is 0 Å². The lowest BCUT2D eigenvalue weighted by molar-refractivity contribution is -0.0578. The predicted molar refractivity (Wildman–Crippen MR) is 130 cm³/mol. The minimum Gasteiger partial charge on any atom is -0.389 e. The van der Waals surface area contributed by atoms with Crippen LogP contribution in [0, 0.1) is 0 Å². The highest BCUT2D eigenvalue weighted by atomic mass is 35.5. The topological polar surface area (TPSA) is 87.7 Å². The average Bonchev–Trinajstić information content (AvgIpc) is 3.15. The number of halogens is 1. The van der Waals surface area contributed by atoms with E-state index >= 15 is 0 Å². The summed E-state index contributed by atoms with van der Waals surface area (Å²) in [5.74, 6) is 0.548. The van der Waals surface area contributed by atoms with Crippen molar-refractivity contribution in [2.24, 2.45) is 0 Å². The van der Waals surface area contributed by atoms with E-state index in [0.29, 0.717) is 47.3 Å². The molecule has 0 aliphatic carbocycles. The number of nitrogens with one attached hydrogen (secondary N) is 1. The van der Waals surface area contributed by atoms with E-state index in [0.717, 1.165) is 11.1 Å². The Bertz CT molecular complexity index is 1080. The summed E-state index contributed by atoms with van der Waals surface area (Å²) in [5.41, 5.74) is 1.26. The number of ether oxygens (including phenoxy) is 2. The van der Waals surface area contributed by atoms with Crippen molar-refractivity contribution in [1.29, 1.82) is 0 Å². The Labute approximate surface area is 197 Å². The first-order valence-electron chi connectivity index (χ1n) is 10.5. The largest absolute Gasteiger partial charge is 0.389 e. The fourth-order valence-electron chi connectivity index (χ4n) is 3.27. The number of H-pyrrole nitrogens is 1. The van der Waals surface area contributed by atoms with Gasteiger partial charge in [-0.25, -0.2) is 4.98 Å². The van der Waals surface area contributed by atoms with Gasteiger partial charge in [-0.3, -0.25) is 9.69 Å². The molecule has 9 heteroatoms. The highest BCUT2D eigenvalue weighted by molar-refractivity contribution is 7.17. The number of rotatable bonds is 10. The SMILES string of the molecule is COCCN(Cc1nc2scc(-c3ccc(Cl)cc3)c2c(=O)[nH]1)C[C@@H](O)COC(C)(C)C. The van der Waals surface area contributed by atoms with Gasteiger partial charge in [-0.2, -0.15) is 0 Å². The number of aliphatic hydroxyl groups is 1. The second kappa shape index (κ2) is 10.9. The lowest BCUT2D eigenvalue weighted by Gasteiger charge is -2.27. The smallest absolute Gasteiger partial charge is 0.260 e. The molecule has 0 saturated heterocycles. The number of nitrogens with zero attached hydrogens (tertiary/aromatic N) is 2. The molecule has 174 valence electrons. The molecule has 0 spiro atoms. The Morgan fingerprint density at radius 3 is 2.66 bits per heavy atom. The highest BCUT2D eigenvalue weighted by Crippen LogP contribution is 2.31. The summed E-state index contributed by atoms with van der Waals surface area (Å²) in [7, 11) is 1.63. The summed E-state index contributed by atoms with van der Waals surface area (Å²) < 4.78 is 10.9. The van der Waals surface area contributed by atoms with Gasteiger partial charge >= 0.3 is 0 Å². The maximum absolute atomic E-state index is 12.9. The number of aliphatic hydroxyl groups excluding tert-OH is 1. The molecule has 0 fully saturated rings. The van der Waals surface area contributed by atoms with Crippen LogP contribution in [0.25, 0.3) is 21.3 Å². The number of fused-ring (bicyclic) bond motifs is 1. The first-order chi connectivity index (χ1) is 15.2. The Kier molecular flexibility index (Phi) is 8.43. The Hall–Kier alpha value is -1.81. The van der Waals surface area contributed by atoms with Crippen LogP contribution in [0.15, 0.2) is 34.4 Å². The van der Waals surface area contributed by atoms with Crippen molar-refractivity contribution in [3.05, 3.63) is 50.8 Å². The van der Waals surface area contributed by atoms with Gasteiger partial charge in [0.25, 0.3) is 5.56 Å². The molecule has 0 aliphatic heterocycles. The molecule has 7 nitrogen and oxygen atoms in total. The second-order valence-electron chi connectivity index (χ2n) is 8.65. The highest BCUT2D eigenvalue weighted by Gasteiger charge is 2.19. The molecule has 32 heavy (non-hydrogen) atoms. The van der Waals surface area contributed by atoms with E-state index in [1.807, 2.05) is 43.2 Å². The molecule has 0 amide bonds. The van der Waals surface area contributed by atoms with Gasteiger partial charge in [0.05, 0.1) is 36.8 Å². The standard InChI is InChI=1S/C23H30ClN3O4S/c1-23(2,3)31-13-17(28)11-27(9-10-30-4)12-19-25-21(29)20-18(14-32-22(20)26-19)15-5-7-16(24)8-6-15/h5-8,14,17,28H,9-13H2,1-4H3,(H,25,26,29)/t17-/m1/s1. The van der Waals surface area contributed by atoms with Gasteiger partial charge in [-0.05, 0) is 38.5 Å². The first-order valence-corrected chi connectivity index (χ1v) is 11.7. The molecule has 1 aromatic carbocycles. The number of methoxy groups -OCH3 is 1. The van der Waals surface area contributed by atoms with Crippen LogP contribution < -0.4 is 5.56 Å². The van der Waals surface area contributed by atoms with Crippen molar-refractivity contribution in [3.8, 4) is 11.1 Å². The normalized spacial score (nSPS) is 13.2. The number of hydrogen-bond acceptors (Lipinski definition) is 7. The molecule has 0 radical (unpaired) electrons. The fraction of sp³-hybridized carbons (Fsp3) is 0.478. The molecule has 2 heterocycles. The monoisotopic (exact) mass is 479 g/mol. The quantitative estimate of drug-likeness (QED) is 0.458. The summed E-state index contributed by atoms with van der Waals surface area (Å²) in [6.07, 6.45) is -0.667. The predicted octanol–water partition coefficient (Wildman–Crippen LogP) is 3.93. The molecule has 1 atom stereocenters. The van der Waals surface area contributed by atoms with Crippen LogP contribution in [-0.4, -0.2) is 65.1 Å². The van der Waals surface area contributed by atoms with Crippen LogP contribution in [0.5, 0.6) is 0 Å². The summed E-state index contributed by atoms with van der Waals surface area (Å²) in [6, 6.07) is 7.40. The van der Waals surface area contributed by atoms with Gasteiger partial charge in [0.1, 0.15) is 10.7 Å². The summed E-state index contributed by atoms with van der Waals surface area (Å²) in [6.45, 7) is 7.93. The summed E-state index contributed by atoms with van der Waals surface area (Å²) >= 11 is 7.42. The van der Waals surface area contributed by atoms with E-state index in [1.165, 1.54) is 11.3 Å². The minimum absolute atomic E-state index is 0.181. The van der Waals surface area contributed by atoms with E-state index in [2.05, 4.69) is 9.97 Å². The average molecular weight is 480 g/mol. The van der Waals surface area contributed by atoms with E-state index in [4.69, 9.17) is 21.1 Å². The molecule has 0 bridgehead atoms. The van der Waals surface area contributed by atoms with Crippen LogP contribution in [-0.2, 0) is 16.0 Å². The maximum Gasteiger partial charge on any atom is 0.260 e. The molecule has 2 aromatic heterocycles. The van der Waals surface area contributed by atoms with Crippen molar-refractivity contribution in [2.75, 3.05) is 33.4 Å². The van der Waals surface area contributed by atoms with E-state index in [9.17, 15) is 9.90 Å². The molecule has 3 aromatic rings. The number of benzene rings is 1. The van der Waals surface area contributed by atoms with Gasteiger partial charge in [-0.15, -0.1) is 11.3 Å². The number of hydrogen-bond donors (Lipinski definition) is 2. The second-order valence-corrected chi connectivity index (χ2v) is 9.95. The van der Waals surface area contributed by atoms with Crippen LogP contribution in [0.1, 0.15) is 26.6 Å². The number of thiophene rings is 1. The van der Waals surface area contributed by atoms with Crippen molar-refractivity contribution >= 4 is 33.2 Å². The van der Waals surface area contributed by atoms with Crippen molar-refractivity contribution in [1.82, 2.24) is 14.9 Å². The maximum atomic E-state index is 12.9. The third kappa shape index (κ3) is 6.84. The summed E-state index contributed by atoms with van der Waals surface area (Å²) in [5, 5.41) is 13.6. The number of aromatic amines is 1. The van der Waals surface area contributed by atoms with Crippen LogP contribution in [0.2, 0.25) is 5.02 Å². The van der Waals surface area contributed by atoms with Crippen LogP contribution in [0.4, 0.5) is 0 Å². The zero-order chi connectivity index (χ0) is 23.3. The molecule has 0 unspecified atom stereocenters. The Morgan fingerprint density at radius 2 is 2.00 bits per heavy atom. The van der Waals surface area contributed by atoms with Gasteiger partial charge < -0.3 is 19.6 Å². The zero-order valence-electron chi connectivity index (χ0n) is 18.9. The molecule has 0 aliphatic rings. The van der Waals surface area contributed by atoms with Gasteiger partial charge in [-0.1, -0.05) is 23.7 Å². The Morgan fingerprint density at radius 1 is 1.28 bits per heavy atom. The first kappa shape index (κ1) is 24.8.